The largest absolute Gasteiger partial charge is 0.493 e. The first-order chi connectivity index (χ1) is 15.7. The van der Waals surface area contributed by atoms with E-state index in [1.165, 1.54) is 0 Å². The lowest BCUT2D eigenvalue weighted by Crippen LogP contribution is -2.28. The van der Waals surface area contributed by atoms with Crippen LogP contribution in [0.15, 0.2) is 65.3 Å². The van der Waals surface area contributed by atoms with Crippen molar-refractivity contribution in [2.75, 3.05) is 27.4 Å². The summed E-state index contributed by atoms with van der Waals surface area (Å²) < 4.78 is 22.0. The van der Waals surface area contributed by atoms with Crippen molar-refractivity contribution in [3.8, 4) is 17.2 Å². The third-order valence-corrected chi connectivity index (χ3v) is 4.79. The number of hydrogen-bond donors (Lipinski definition) is 1. The number of pyridine rings is 1. The number of fused-ring (bicyclic) bond motifs is 1. The number of carbonyl (C=O) groups is 1. The highest BCUT2D eigenvalue weighted by Crippen LogP contribution is 2.29. The molecule has 0 aliphatic carbocycles. The number of carbonyl (C=O) groups excluding carboxylic acids is 1. The smallest absolute Gasteiger partial charge is 0.251 e. The van der Waals surface area contributed by atoms with Crippen LogP contribution in [0.25, 0.3) is 11.1 Å². The number of amides is 1. The van der Waals surface area contributed by atoms with Gasteiger partial charge in [0.2, 0.25) is 0 Å². The first-order valence-corrected chi connectivity index (χ1v) is 10.1. The van der Waals surface area contributed by atoms with Crippen LogP contribution in [-0.2, 0) is 6.42 Å². The van der Waals surface area contributed by atoms with Gasteiger partial charge in [-0.15, -0.1) is 0 Å². The quantitative estimate of drug-likeness (QED) is 0.403. The lowest BCUT2D eigenvalue weighted by atomic mass is 10.1. The molecule has 2 aromatic carbocycles. The van der Waals surface area contributed by atoms with E-state index in [4.69, 9.17) is 18.6 Å². The molecule has 2 heterocycles. The van der Waals surface area contributed by atoms with Crippen LogP contribution in [0.4, 0.5) is 0 Å². The van der Waals surface area contributed by atoms with Gasteiger partial charge >= 0.3 is 0 Å². The van der Waals surface area contributed by atoms with Gasteiger partial charge < -0.3 is 23.9 Å². The van der Waals surface area contributed by atoms with Gasteiger partial charge in [0, 0.05) is 18.2 Å². The summed E-state index contributed by atoms with van der Waals surface area (Å²) >= 11 is 0. The Morgan fingerprint density at radius 1 is 1.06 bits per heavy atom. The molecule has 0 radical (unpaired) electrons. The molecule has 164 valence electrons. The van der Waals surface area contributed by atoms with Crippen molar-refractivity contribution in [2.45, 2.75) is 6.42 Å². The number of oxazole rings is 1. The van der Waals surface area contributed by atoms with Gasteiger partial charge in [-0.25, -0.2) is 4.98 Å². The normalized spacial score (nSPS) is 10.7. The van der Waals surface area contributed by atoms with E-state index in [2.05, 4.69) is 15.3 Å². The van der Waals surface area contributed by atoms with Crippen LogP contribution in [0.5, 0.6) is 17.2 Å². The minimum absolute atomic E-state index is 0.209. The van der Waals surface area contributed by atoms with Crippen LogP contribution in [0, 0.1) is 0 Å². The molecule has 32 heavy (non-hydrogen) atoms. The van der Waals surface area contributed by atoms with Crippen LogP contribution >= 0.6 is 0 Å². The molecule has 1 amide bonds. The molecule has 0 unspecified atom stereocenters. The summed E-state index contributed by atoms with van der Waals surface area (Å²) in [6, 6.07) is 14.5. The number of ether oxygens (including phenoxy) is 3. The second-order valence-corrected chi connectivity index (χ2v) is 6.95. The summed E-state index contributed by atoms with van der Waals surface area (Å²) in [6.07, 6.45) is 3.79. The molecule has 0 saturated carbocycles. The maximum absolute atomic E-state index is 12.5. The number of aromatic nitrogens is 2. The van der Waals surface area contributed by atoms with Crippen molar-refractivity contribution in [1.82, 2.24) is 15.3 Å². The average molecular weight is 433 g/mol. The summed E-state index contributed by atoms with van der Waals surface area (Å²) in [6.45, 7) is 0.712. The van der Waals surface area contributed by atoms with Gasteiger partial charge in [-0.1, -0.05) is 6.07 Å². The zero-order chi connectivity index (χ0) is 22.3. The van der Waals surface area contributed by atoms with E-state index in [1.807, 2.05) is 24.3 Å². The third kappa shape index (κ3) is 4.97. The highest BCUT2D eigenvalue weighted by Gasteiger charge is 2.12. The Balaban J connectivity index is 1.38. The number of nitrogens with one attached hydrogen (secondary N) is 1. The van der Waals surface area contributed by atoms with Gasteiger partial charge in [0.25, 0.3) is 5.91 Å². The fourth-order valence-corrected chi connectivity index (χ4v) is 3.22. The van der Waals surface area contributed by atoms with E-state index in [0.29, 0.717) is 59.4 Å². The summed E-state index contributed by atoms with van der Waals surface area (Å²) in [5.41, 5.74) is 2.71. The third-order valence-electron chi connectivity index (χ3n) is 4.79. The molecule has 0 atom stereocenters. The van der Waals surface area contributed by atoms with Crippen molar-refractivity contribution >= 4 is 17.0 Å². The Morgan fingerprint density at radius 3 is 2.72 bits per heavy atom. The van der Waals surface area contributed by atoms with Crippen molar-refractivity contribution in [1.29, 1.82) is 0 Å². The molecule has 0 aliphatic heterocycles. The van der Waals surface area contributed by atoms with E-state index in [9.17, 15) is 4.79 Å². The number of nitrogens with zero attached hydrogens (tertiary/aromatic N) is 2. The van der Waals surface area contributed by atoms with Crippen LogP contribution in [0.1, 0.15) is 21.8 Å². The molecule has 1 N–H and O–H groups in total. The number of rotatable bonds is 9. The zero-order valence-electron chi connectivity index (χ0n) is 17.8. The molecular weight excluding hydrogens is 410 g/mol. The second-order valence-electron chi connectivity index (χ2n) is 6.95. The standard InChI is InChI=1S/C24H23N3O5/c1-29-20-8-5-16(12-22(20)30-2)13-23-27-19-7-6-17(14-21(19)32-23)24(28)26-10-11-31-18-4-3-9-25-15-18/h3-9,12,14-15H,10-11,13H2,1-2H3,(H,26,28). The summed E-state index contributed by atoms with van der Waals surface area (Å²) in [7, 11) is 3.19. The van der Waals surface area contributed by atoms with Gasteiger partial charge in [0.15, 0.2) is 23.0 Å². The topological polar surface area (TPSA) is 95.7 Å². The monoisotopic (exact) mass is 433 g/mol. The van der Waals surface area contributed by atoms with Crippen molar-refractivity contribution in [3.63, 3.8) is 0 Å². The van der Waals surface area contributed by atoms with E-state index in [0.717, 1.165) is 5.56 Å². The first kappa shape index (κ1) is 21.2. The molecule has 0 spiro atoms. The highest BCUT2D eigenvalue weighted by atomic mass is 16.5. The summed E-state index contributed by atoms with van der Waals surface area (Å²) in [5, 5.41) is 2.83. The van der Waals surface area contributed by atoms with E-state index in [-0.39, 0.29) is 5.91 Å². The van der Waals surface area contributed by atoms with Crippen molar-refractivity contribution in [3.05, 3.63) is 77.9 Å². The molecule has 2 aromatic heterocycles. The molecular formula is C24H23N3O5. The van der Waals surface area contributed by atoms with E-state index < -0.39 is 0 Å². The van der Waals surface area contributed by atoms with E-state index >= 15 is 0 Å². The fraction of sp³-hybridized carbons (Fsp3) is 0.208. The Morgan fingerprint density at radius 2 is 1.94 bits per heavy atom. The van der Waals surface area contributed by atoms with Crippen LogP contribution in [-0.4, -0.2) is 43.2 Å². The lowest BCUT2D eigenvalue weighted by molar-refractivity contribution is 0.0947. The lowest BCUT2D eigenvalue weighted by Gasteiger charge is -2.08. The Labute approximate surface area is 185 Å². The molecule has 8 nitrogen and oxygen atoms in total. The first-order valence-electron chi connectivity index (χ1n) is 10.1. The highest BCUT2D eigenvalue weighted by molar-refractivity contribution is 5.97. The van der Waals surface area contributed by atoms with Gasteiger partial charge in [0.1, 0.15) is 17.9 Å². The molecule has 0 aliphatic rings. The molecule has 0 saturated heterocycles. The molecule has 0 fully saturated rings. The Kier molecular flexibility index (Phi) is 6.50. The minimum atomic E-state index is -0.209. The SMILES string of the molecule is COc1ccc(Cc2nc3ccc(C(=O)NCCOc4cccnc4)cc3o2)cc1OC. The van der Waals surface area contributed by atoms with Gasteiger partial charge in [-0.2, -0.15) is 0 Å². The summed E-state index contributed by atoms with van der Waals surface area (Å²) in [4.78, 5) is 21.0. The molecule has 0 bridgehead atoms. The van der Waals surface area contributed by atoms with Crippen molar-refractivity contribution < 1.29 is 23.4 Å². The minimum Gasteiger partial charge on any atom is -0.493 e. The van der Waals surface area contributed by atoms with Gasteiger partial charge in [-0.3, -0.25) is 9.78 Å². The fourth-order valence-electron chi connectivity index (χ4n) is 3.22. The maximum Gasteiger partial charge on any atom is 0.251 e. The summed E-state index contributed by atoms with van der Waals surface area (Å²) in [5.74, 6) is 2.31. The van der Waals surface area contributed by atoms with Gasteiger partial charge in [-0.05, 0) is 48.0 Å². The zero-order valence-corrected chi connectivity index (χ0v) is 17.8. The second kappa shape index (κ2) is 9.82. The van der Waals surface area contributed by atoms with Crippen LogP contribution in [0.3, 0.4) is 0 Å². The molecule has 8 heteroatoms. The number of methoxy groups -OCH3 is 2. The Bertz CT molecular complexity index is 1210. The van der Waals surface area contributed by atoms with Crippen LogP contribution in [0.2, 0.25) is 0 Å². The van der Waals surface area contributed by atoms with E-state index in [1.54, 1.807) is 50.9 Å². The maximum atomic E-state index is 12.5. The van der Waals surface area contributed by atoms with Crippen molar-refractivity contribution in [2.24, 2.45) is 0 Å². The number of hydrogen-bond acceptors (Lipinski definition) is 7. The number of benzene rings is 2. The predicted octanol–water partition coefficient (Wildman–Crippen LogP) is 3.64. The van der Waals surface area contributed by atoms with Gasteiger partial charge in [0.05, 0.1) is 27.0 Å². The molecule has 4 rings (SSSR count). The Hall–Kier alpha value is -4.07. The van der Waals surface area contributed by atoms with Crippen LogP contribution < -0.4 is 19.5 Å². The predicted molar refractivity (Wildman–Crippen MR) is 118 cm³/mol. The molecule has 4 aromatic rings. The average Bonchev–Trinajstić information content (AvgIpc) is 3.23.